The maximum Gasteiger partial charge on any atom is 1.00 e. The SMILES string of the molecule is CC(C)(C)CC[C@H](c1ccc(C(=O)NCCC(=O)O)cc1)N1C(=O)C(c2cc(Cl)cc(Cl)c2)=NC1(C)C.COC(=O)CCNC(=O)c1ccc([C@@H](CCC(C)(C)C)N2C(=O)C(c3cc(Cl)cc(Cl)c3)=NC2(C)C)cc1.[Na+].[OH-]. The van der Waals surface area contributed by atoms with Gasteiger partial charge in [-0.05, 0) is 136 Å². The summed E-state index contributed by atoms with van der Waals surface area (Å²) in [5.41, 5.74) is 2.91. The number of hydrogen-bond acceptors (Lipinski definition) is 10. The summed E-state index contributed by atoms with van der Waals surface area (Å²) in [7, 11) is 1.31. The standard InChI is InChI=1S/C29H35Cl2N3O4.C28H33Cl2N3O4.Na.H2O/c1-28(2,3)13-11-23(18-7-9-19(10-8-18)26(36)32-14-12-24(35)38-6)34-27(37)25(33-29(34,4)5)20-15-21(30)17-22(31)16-20;1-27(2,3)12-10-22(17-6-8-18(9-7-17)25(36)31-13-11-23(34)35)33-26(37)24(32-28(33,4)5)19-14-20(29)16-21(30)15-19;;/h7-10,15-17,23H,11-14H2,1-6H3,(H,32,36);6-9,14-16,22H,10-13H2,1-5H3,(H,31,36)(H,34,35);;1H2/q;;+1;/p-1/t23-;22-;;/m11../s1. The number of nitrogens with one attached hydrogen (secondary N) is 2. The van der Waals surface area contributed by atoms with Gasteiger partial charge in [-0.3, -0.25) is 38.8 Å². The molecular formula is C57H69Cl4N6NaO9. The third-order valence-corrected chi connectivity index (χ3v) is 13.5. The van der Waals surface area contributed by atoms with E-state index in [1.807, 2.05) is 56.9 Å². The largest absolute Gasteiger partial charge is 1.00 e. The number of esters is 1. The van der Waals surface area contributed by atoms with Crippen molar-refractivity contribution in [1.29, 1.82) is 0 Å². The molecule has 4 N–H and O–H groups in total. The molecule has 15 nitrogen and oxygen atoms in total. The van der Waals surface area contributed by atoms with Gasteiger partial charge < -0.3 is 35.8 Å². The zero-order valence-electron chi connectivity index (χ0n) is 45.9. The molecule has 0 aliphatic carbocycles. The predicted octanol–water partition coefficient (Wildman–Crippen LogP) is 9.18. The molecule has 4 aromatic carbocycles. The van der Waals surface area contributed by atoms with Crippen molar-refractivity contribution >= 4 is 93.4 Å². The minimum Gasteiger partial charge on any atom is -0.870 e. The number of halogens is 4. The number of carbonyl (C=O) groups is 6. The molecule has 0 unspecified atom stereocenters. The van der Waals surface area contributed by atoms with Crippen molar-refractivity contribution in [1.82, 2.24) is 20.4 Å². The van der Waals surface area contributed by atoms with Crippen molar-refractivity contribution < 1.29 is 73.6 Å². The Bertz CT molecular complexity index is 2800. The second kappa shape index (κ2) is 27.8. The number of methoxy groups -OCH3 is 1. The van der Waals surface area contributed by atoms with Crippen LogP contribution in [-0.2, 0) is 23.9 Å². The van der Waals surface area contributed by atoms with E-state index in [4.69, 9.17) is 61.5 Å². The van der Waals surface area contributed by atoms with Crippen molar-refractivity contribution in [2.75, 3.05) is 20.2 Å². The maximum absolute atomic E-state index is 13.9. The van der Waals surface area contributed by atoms with E-state index in [1.165, 1.54) is 7.11 Å². The molecule has 410 valence electrons. The van der Waals surface area contributed by atoms with Gasteiger partial charge in [0.2, 0.25) is 0 Å². The number of nitrogens with zero attached hydrogens (tertiary/aromatic N) is 4. The number of amides is 4. The first kappa shape index (κ1) is 66.4. The molecule has 0 aromatic heterocycles. The number of carboxylic acids is 1. The van der Waals surface area contributed by atoms with E-state index in [0.717, 1.165) is 24.0 Å². The average Bonchev–Trinajstić information content (AvgIpc) is 3.70. The molecule has 4 amide bonds. The first-order chi connectivity index (χ1) is 34.9. The Morgan fingerprint density at radius 2 is 0.922 bits per heavy atom. The van der Waals surface area contributed by atoms with E-state index in [-0.39, 0.29) is 113 Å². The van der Waals surface area contributed by atoms with E-state index in [9.17, 15) is 28.8 Å². The Morgan fingerprint density at radius 3 is 1.22 bits per heavy atom. The van der Waals surface area contributed by atoms with E-state index in [0.29, 0.717) is 66.6 Å². The summed E-state index contributed by atoms with van der Waals surface area (Å²) in [6, 6.07) is 23.7. The van der Waals surface area contributed by atoms with E-state index < -0.39 is 17.3 Å². The molecule has 0 fully saturated rings. The van der Waals surface area contributed by atoms with Crippen molar-refractivity contribution in [2.45, 2.75) is 131 Å². The molecule has 77 heavy (non-hydrogen) atoms. The van der Waals surface area contributed by atoms with E-state index >= 15 is 0 Å². The molecule has 6 rings (SSSR count). The number of aliphatic carboxylic acids is 1. The molecule has 20 heteroatoms. The van der Waals surface area contributed by atoms with E-state index in [2.05, 4.69) is 56.9 Å². The van der Waals surface area contributed by atoms with Gasteiger partial charge >= 0.3 is 41.5 Å². The molecule has 0 spiro atoms. The third-order valence-electron chi connectivity index (χ3n) is 12.6. The van der Waals surface area contributed by atoms with Gasteiger partial charge in [0, 0.05) is 55.4 Å². The van der Waals surface area contributed by atoms with Crippen LogP contribution in [0.15, 0.2) is 94.9 Å². The van der Waals surface area contributed by atoms with Gasteiger partial charge in [0.1, 0.15) is 22.7 Å². The van der Waals surface area contributed by atoms with Crippen LogP contribution < -0.4 is 40.2 Å². The zero-order chi connectivity index (χ0) is 55.8. The fourth-order valence-corrected chi connectivity index (χ4v) is 9.94. The van der Waals surface area contributed by atoms with Crippen molar-refractivity contribution in [3.8, 4) is 0 Å². The minimum absolute atomic E-state index is 0. The minimum atomic E-state index is -0.975. The zero-order valence-corrected chi connectivity index (χ0v) is 51.0. The van der Waals surface area contributed by atoms with Gasteiger partial charge in [0.05, 0.1) is 32.0 Å². The quantitative estimate of drug-likeness (QED) is 0.0638. The molecule has 2 atom stereocenters. The summed E-state index contributed by atoms with van der Waals surface area (Å²) < 4.78 is 4.60. The van der Waals surface area contributed by atoms with Gasteiger partial charge in [-0.25, -0.2) is 0 Å². The van der Waals surface area contributed by atoms with Crippen LogP contribution in [0.2, 0.25) is 20.1 Å². The first-order valence-electron chi connectivity index (χ1n) is 24.7. The van der Waals surface area contributed by atoms with Gasteiger partial charge in [0.15, 0.2) is 0 Å². The summed E-state index contributed by atoms with van der Waals surface area (Å²) in [5, 5.41) is 15.8. The summed E-state index contributed by atoms with van der Waals surface area (Å²) in [6.45, 7) is 20.8. The number of ether oxygens (including phenoxy) is 1. The summed E-state index contributed by atoms with van der Waals surface area (Å²) in [6.07, 6.45) is 3.08. The Labute approximate surface area is 494 Å². The number of aliphatic imine (C=N–C) groups is 2. The Morgan fingerprint density at radius 1 is 0.597 bits per heavy atom. The smallest absolute Gasteiger partial charge is 0.870 e. The molecule has 2 heterocycles. The molecule has 2 aliphatic rings. The van der Waals surface area contributed by atoms with Crippen molar-refractivity contribution in [3.05, 3.63) is 138 Å². The van der Waals surface area contributed by atoms with Gasteiger partial charge in [0.25, 0.3) is 23.6 Å². The molecular weight excluding hydrogens is 1080 g/mol. The summed E-state index contributed by atoms with van der Waals surface area (Å²) >= 11 is 24.8. The van der Waals surface area contributed by atoms with E-state index in [1.54, 1.807) is 65.6 Å². The predicted molar refractivity (Wildman–Crippen MR) is 299 cm³/mol. The molecule has 0 saturated heterocycles. The van der Waals surface area contributed by atoms with Gasteiger partial charge in [-0.15, -0.1) is 0 Å². The third kappa shape index (κ3) is 18.6. The fraction of sp³-hybridized carbons (Fsp3) is 0.439. The molecule has 0 saturated carbocycles. The maximum atomic E-state index is 13.9. The number of carboxylic acid groups (broad SMARTS) is 1. The molecule has 4 aromatic rings. The van der Waals surface area contributed by atoms with Crippen LogP contribution in [0.25, 0.3) is 0 Å². The Kier molecular flexibility index (Phi) is 24.0. The molecule has 2 aliphatic heterocycles. The topological polar surface area (TPSA) is 217 Å². The number of carbonyl (C=O) groups excluding carboxylic acids is 5. The first-order valence-corrected chi connectivity index (χ1v) is 26.3. The molecule has 0 radical (unpaired) electrons. The van der Waals surface area contributed by atoms with Crippen LogP contribution in [0, 0.1) is 10.8 Å². The van der Waals surface area contributed by atoms with Gasteiger partial charge in [-0.2, -0.15) is 0 Å². The second-order valence-electron chi connectivity index (χ2n) is 22.0. The van der Waals surface area contributed by atoms with Crippen molar-refractivity contribution in [2.24, 2.45) is 20.8 Å². The van der Waals surface area contributed by atoms with Crippen molar-refractivity contribution in [3.63, 3.8) is 0 Å². The summed E-state index contributed by atoms with van der Waals surface area (Å²) in [5.74, 6) is -2.40. The van der Waals surface area contributed by atoms with Crippen LogP contribution in [0.5, 0.6) is 0 Å². The van der Waals surface area contributed by atoms with Crippen LogP contribution in [0.1, 0.15) is 163 Å². The van der Waals surface area contributed by atoms with Crippen LogP contribution in [0.4, 0.5) is 0 Å². The second-order valence-corrected chi connectivity index (χ2v) is 23.8. The number of rotatable bonds is 18. The van der Waals surface area contributed by atoms with Crippen LogP contribution in [0.3, 0.4) is 0 Å². The summed E-state index contributed by atoms with van der Waals surface area (Å²) in [4.78, 5) is 87.9. The average molecular weight is 1150 g/mol. The number of hydrogen-bond donors (Lipinski definition) is 3. The Hall–Kier alpha value is -4.84. The Balaban J connectivity index is 0.000000395. The number of benzene rings is 4. The van der Waals surface area contributed by atoms with Gasteiger partial charge in [-0.1, -0.05) is 112 Å². The van der Waals surface area contributed by atoms with Crippen LogP contribution >= 0.6 is 46.4 Å². The van der Waals surface area contributed by atoms with Crippen LogP contribution in [-0.4, -0.2) is 98.9 Å². The monoisotopic (exact) mass is 1140 g/mol. The normalized spacial score (nSPS) is 15.4. The fourth-order valence-electron chi connectivity index (χ4n) is 8.89. The molecule has 0 bridgehead atoms.